The molecule has 5 aromatic rings. The fourth-order valence-corrected chi connectivity index (χ4v) is 4.51. The number of nitriles is 1. The molecule has 0 saturated carbocycles. The molecule has 0 radical (unpaired) electrons. The minimum absolute atomic E-state index is 0.0127. The number of amides is 1. The number of hydrogen-bond donors (Lipinski definition) is 1. The van der Waals surface area contributed by atoms with Crippen molar-refractivity contribution in [2.45, 2.75) is 19.6 Å². The summed E-state index contributed by atoms with van der Waals surface area (Å²) in [6.45, 7) is 2.23. The van der Waals surface area contributed by atoms with Crippen molar-refractivity contribution < 1.29 is 9.53 Å². The van der Waals surface area contributed by atoms with Crippen molar-refractivity contribution in [1.82, 2.24) is 15.1 Å². The van der Waals surface area contributed by atoms with Crippen LogP contribution in [0, 0.1) is 11.3 Å². The summed E-state index contributed by atoms with van der Waals surface area (Å²) in [5.74, 6) is 0.228. The van der Waals surface area contributed by atoms with Gasteiger partial charge in [-0.05, 0) is 61.0 Å². The molecule has 0 aliphatic rings. The Morgan fingerprint density at radius 1 is 0.976 bits per heavy atom. The molecule has 1 aromatic heterocycles. The first kappa shape index (κ1) is 27.4. The predicted molar refractivity (Wildman–Crippen MR) is 161 cm³/mol. The van der Waals surface area contributed by atoms with E-state index in [0.717, 1.165) is 22.4 Å². The fraction of sp³-hybridized carbons (Fsp3) is 0.0882. The topological polar surface area (TPSA) is 79.9 Å². The van der Waals surface area contributed by atoms with Crippen LogP contribution in [0.4, 0.5) is 0 Å². The molecule has 6 nitrogen and oxygen atoms in total. The third-order valence-corrected chi connectivity index (χ3v) is 6.92. The standard InChI is InChI=1S/C34H27ClN4O2/c1-24(25-10-4-2-5-11-25)37-34(40)28(21-36)20-29-22-39(30-13-6-3-7-14-30)38-33(29)26-16-18-31(19-17-26)41-23-27-12-8-9-15-32(27)35/h2-20,22,24H,23H2,1H3,(H,37,40)/b28-20+/t24-/m0/s1. The molecule has 1 atom stereocenters. The van der Waals surface area contributed by atoms with E-state index in [-0.39, 0.29) is 11.6 Å². The van der Waals surface area contributed by atoms with Gasteiger partial charge < -0.3 is 10.1 Å². The van der Waals surface area contributed by atoms with E-state index in [9.17, 15) is 10.1 Å². The zero-order valence-electron chi connectivity index (χ0n) is 22.4. The molecule has 0 bridgehead atoms. The zero-order valence-corrected chi connectivity index (χ0v) is 23.1. The first-order chi connectivity index (χ1) is 20.0. The van der Waals surface area contributed by atoms with Crippen molar-refractivity contribution in [1.29, 1.82) is 5.26 Å². The van der Waals surface area contributed by atoms with Crippen LogP contribution in [-0.4, -0.2) is 15.7 Å². The van der Waals surface area contributed by atoms with Gasteiger partial charge in [0.15, 0.2) is 0 Å². The van der Waals surface area contributed by atoms with Crippen LogP contribution >= 0.6 is 11.6 Å². The minimum Gasteiger partial charge on any atom is -0.489 e. The highest BCUT2D eigenvalue weighted by Crippen LogP contribution is 2.28. The third kappa shape index (κ3) is 6.73. The zero-order chi connectivity index (χ0) is 28.6. The Hall–Kier alpha value is -5.12. The number of carbonyl (C=O) groups is 1. The van der Waals surface area contributed by atoms with Gasteiger partial charge >= 0.3 is 0 Å². The van der Waals surface area contributed by atoms with E-state index in [0.29, 0.717) is 28.6 Å². The second-order valence-corrected chi connectivity index (χ2v) is 9.80. The quantitative estimate of drug-likeness (QED) is 0.149. The lowest BCUT2D eigenvalue weighted by Gasteiger charge is -2.13. The first-order valence-electron chi connectivity index (χ1n) is 13.1. The molecule has 0 aliphatic heterocycles. The van der Waals surface area contributed by atoms with Crippen molar-refractivity contribution in [3.63, 3.8) is 0 Å². The van der Waals surface area contributed by atoms with Gasteiger partial charge in [-0.1, -0.05) is 78.3 Å². The molecule has 202 valence electrons. The molecule has 0 aliphatic carbocycles. The normalized spacial score (nSPS) is 11.9. The van der Waals surface area contributed by atoms with Crippen molar-refractivity contribution in [2.75, 3.05) is 0 Å². The maximum Gasteiger partial charge on any atom is 0.262 e. The SMILES string of the molecule is C[C@H](NC(=O)/C(C#N)=C/c1cn(-c2ccccc2)nc1-c1ccc(OCc2ccccc2Cl)cc1)c1ccccc1. The summed E-state index contributed by atoms with van der Waals surface area (Å²) in [4.78, 5) is 13.1. The molecule has 1 heterocycles. The first-order valence-corrected chi connectivity index (χ1v) is 13.5. The molecule has 0 fully saturated rings. The Kier molecular flexibility index (Phi) is 8.58. The van der Waals surface area contributed by atoms with Crippen LogP contribution in [0.2, 0.25) is 5.02 Å². The van der Waals surface area contributed by atoms with Crippen molar-refractivity contribution in [3.05, 3.63) is 143 Å². The lowest BCUT2D eigenvalue weighted by Crippen LogP contribution is -2.27. The van der Waals surface area contributed by atoms with Crippen LogP contribution in [0.15, 0.2) is 121 Å². The Morgan fingerprint density at radius 2 is 1.63 bits per heavy atom. The van der Waals surface area contributed by atoms with E-state index >= 15 is 0 Å². The average Bonchev–Trinajstić information content (AvgIpc) is 3.44. The van der Waals surface area contributed by atoms with Crippen LogP contribution in [-0.2, 0) is 11.4 Å². The van der Waals surface area contributed by atoms with E-state index in [2.05, 4.69) is 11.4 Å². The molecule has 0 unspecified atom stereocenters. The summed E-state index contributed by atoms with van der Waals surface area (Å²) in [5.41, 5.74) is 4.77. The van der Waals surface area contributed by atoms with E-state index < -0.39 is 5.91 Å². The summed E-state index contributed by atoms with van der Waals surface area (Å²) in [6.07, 6.45) is 3.40. The van der Waals surface area contributed by atoms with Crippen LogP contribution in [0.1, 0.15) is 29.7 Å². The van der Waals surface area contributed by atoms with Crippen LogP contribution < -0.4 is 10.1 Å². The van der Waals surface area contributed by atoms with Gasteiger partial charge in [0.25, 0.3) is 5.91 Å². The molecule has 0 saturated heterocycles. The summed E-state index contributed by atoms with van der Waals surface area (Å²) in [6, 6.07) is 36.2. The Balaban J connectivity index is 1.43. The van der Waals surface area contributed by atoms with Gasteiger partial charge in [0.1, 0.15) is 24.0 Å². The number of halogens is 1. The Labute approximate surface area is 244 Å². The maximum atomic E-state index is 13.1. The summed E-state index contributed by atoms with van der Waals surface area (Å²) in [5, 5.41) is 18.3. The van der Waals surface area contributed by atoms with Gasteiger partial charge in [-0.15, -0.1) is 0 Å². The molecule has 7 heteroatoms. The number of rotatable bonds is 9. The minimum atomic E-state index is -0.453. The number of benzene rings is 4. The number of ether oxygens (including phenoxy) is 1. The predicted octanol–water partition coefficient (Wildman–Crippen LogP) is 7.56. The van der Waals surface area contributed by atoms with Crippen molar-refractivity contribution >= 4 is 23.6 Å². The number of nitrogens with one attached hydrogen (secondary N) is 1. The highest BCUT2D eigenvalue weighted by atomic mass is 35.5. The molecule has 4 aromatic carbocycles. The average molecular weight is 559 g/mol. The van der Waals surface area contributed by atoms with Gasteiger partial charge in [-0.3, -0.25) is 4.79 Å². The number of carbonyl (C=O) groups excluding carboxylic acids is 1. The van der Waals surface area contributed by atoms with Crippen molar-refractivity contribution in [2.24, 2.45) is 0 Å². The molecule has 5 rings (SSSR count). The van der Waals surface area contributed by atoms with Gasteiger partial charge in [0.05, 0.1) is 17.4 Å². The number of aromatic nitrogens is 2. The van der Waals surface area contributed by atoms with Gasteiger partial charge in [0.2, 0.25) is 0 Å². The second kappa shape index (κ2) is 12.8. The molecule has 41 heavy (non-hydrogen) atoms. The largest absolute Gasteiger partial charge is 0.489 e. The number of nitrogens with zero attached hydrogens (tertiary/aromatic N) is 3. The Morgan fingerprint density at radius 3 is 2.32 bits per heavy atom. The summed E-state index contributed by atoms with van der Waals surface area (Å²) >= 11 is 6.25. The number of para-hydroxylation sites is 1. The Bertz CT molecular complexity index is 1710. The van der Waals surface area contributed by atoms with Crippen LogP contribution in [0.25, 0.3) is 23.0 Å². The monoisotopic (exact) mass is 558 g/mol. The number of hydrogen-bond acceptors (Lipinski definition) is 4. The third-order valence-electron chi connectivity index (χ3n) is 6.56. The fourth-order valence-electron chi connectivity index (χ4n) is 4.32. The second-order valence-electron chi connectivity index (χ2n) is 9.39. The lowest BCUT2D eigenvalue weighted by atomic mass is 10.0. The molecular formula is C34H27ClN4O2. The molecule has 1 N–H and O–H groups in total. The van der Waals surface area contributed by atoms with Crippen LogP contribution in [0.3, 0.4) is 0 Å². The lowest BCUT2D eigenvalue weighted by molar-refractivity contribution is -0.117. The maximum absolute atomic E-state index is 13.1. The highest BCUT2D eigenvalue weighted by Gasteiger charge is 2.17. The smallest absolute Gasteiger partial charge is 0.262 e. The van der Waals surface area contributed by atoms with Crippen molar-refractivity contribution in [3.8, 4) is 28.8 Å². The van der Waals surface area contributed by atoms with E-state index in [1.807, 2.05) is 122 Å². The van der Waals surface area contributed by atoms with Gasteiger partial charge in [0, 0.05) is 27.9 Å². The van der Waals surface area contributed by atoms with E-state index in [4.69, 9.17) is 21.4 Å². The summed E-state index contributed by atoms with van der Waals surface area (Å²) < 4.78 is 7.68. The highest BCUT2D eigenvalue weighted by molar-refractivity contribution is 6.31. The molecule has 0 spiro atoms. The summed E-state index contributed by atoms with van der Waals surface area (Å²) in [7, 11) is 0. The van der Waals surface area contributed by atoms with E-state index in [1.165, 1.54) is 0 Å². The van der Waals surface area contributed by atoms with Crippen LogP contribution in [0.5, 0.6) is 5.75 Å². The van der Waals surface area contributed by atoms with Gasteiger partial charge in [-0.25, -0.2) is 4.68 Å². The molecule has 1 amide bonds. The van der Waals surface area contributed by atoms with Gasteiger partial charge in [-0.2, -0.15) is 10.4 Å². The van der Waals surface area contributed by atoms with E-state index in [1.54, 1.807) is 10.8 Å². The molecular weight excluding hydrogens is 532 g/mol.